The fraction of sp³-hybridized carbons (Fsp3) is 1.00. The van der Waals surface area contributed by atoms with Gasteiger partial charge in [-0.25, -0.2) is 0 Å². The number of nitrogens with zero attached hydrogens (tertiary/aromatic N) is 1. The lowest BCUT2D eigenvalue weighted by Gasteiger charge is -2.39. The average Bonchev–Trinajstić information content (AvgIpc) is 2.19. The first-order valence-electron chi connectivity index (χ1n) is 7.35. The van der Waals surface area contributed by atoms with Gasteiger partial charge in [0.1, 0.15) is 0 Å². The van der Waals surface area contributed by atoms with E-state index in [1.807, 2.05) is 0 Å². The smallest absolute Gasteiger partial charge is 0.00724 e. The predicted molar refractivity (Wildman–Crippen MR) is 74.9 cm³/mol. The first-order valence-corrected chi connectivity index (χ1v) is 7.35. The molecule has 0 saturated carbocycles. The van der Waals surface area contributed by atoms with Crippen LogP contribution in [0.15, 0.2) is 0 Å². The van der Waals surface area contributed by atoms with Crippen LogP contribution in [0, 0.1) is 0 Å². The van der Waals surface area contributed by atoms with Gasteiger partial charge in [0, 0.05) is 18.1 Å². The molecular formula is C15H33N. The van der Waals surface area contributed by atoms with E-state index in [0.29, 0.717) is 0 Å². The Hall–Kier alpha value is -0.0400. The summed E-state index contributed by atoms with van der Waals surface area (Å²) in [6.07, 6.45) is 7.91. The van der Waals surface area contributed by atoms with Crippen LogP contribution in [0.2, 0.25) is 0 Å². The van der Waals surface area contributed by atoms with E-state index in [1.165, 1.54) is 38.5 Å². The zero-order valence-corrected chi connectivity index (χ0v) is 12.4. The van der Waals surface area contributed by atoms with Crippen molar-refractivity contribution in [2.24, 2.45) is 0 Å². The molecule has 0 fully saturated rings. The van der Waals surface area contributed by atoms with E-state index in [9.17, 15) is 0 Å². The summed E-state index contributed by atoms with van der Waals surface area (Å²) in [5.74, 6) is 0. The zero-order valence-electron chi connectivity index (χ0n) is 12.4. The minimum atomic E-state index is 0.744. The summed E-state index contributed by atoms with van der Waals surface area (Å²) in [6, 6.07) is 2.23. The van der Waals surface area contributed by atoms with Crippen molar-refractivity contribution >= 4 is 0 Å². The van der Waals surface area contributed by atoms with Crippen molar-refractivity contribution in [2.45, 2.75) is 98.2 Å². The molecule has 0 aliphatic carbocycles. The normalized spacial score (nSPS) is 17.4. The Balaban J connectivity index is 4.47. The van der Waals surface area contributed by atoms with Crippen molar-refractivity contribution in [3.05, 3.63) is 0 Å². The third kappa shape index (κ3) is 5.34. The highest BCUT2D eigenvalue weighted by Gasteiger charge is 2.23. The maximum Gasteiger partial charge on any atom is 0.00724 e. The number of hydrogen-bond donors (Lipinski definition) is 0. The van der Waals surface area contributed by atoms with E-state index < -0.39 is 0 Å². The minimum Gasteiger partial charge on any atom is -0.295 e. The van der Waals surface area contributed by atoms with Gasteiger partial charge in [-0.05, 0) is 40.0 Å². The molecule has 0 aromatic heterocycles. The van der Waals surface area contributed by atoms with Crippen LogP contribution >= 0.6 is 0 Å². The third-order valence-corrected chi connectivity index (χ3v) is 3.65. The maximum atomic E-state index is 2.76. The van der Waals surface area contributed by atoms with Crippen LogP contribution in [0.1, 0.15) is 80.1 Å². The van der Waals surface area contributed by atoms with Crippen LogP contribution in [0.3, 0.4) is 0 Å². The summed E-state index contributed by atoms with van der Waals surface area (Å²) in [5.41, 5.74) is 0. The Morgan fingerprint density at radius 2 is 0.875 bits per heavy atom. The number of rotatable bonds is 9. The molecular weight excluding hydrogens is 194 g/mol. The Morgan fingerprint density at radius 1 is 0.625 bits per heavy atom. The highest BCUT2D eigenvalue weighted by Crippen LogP contribution is 2.20. The van der Waals surface area contributed by atoms with Gasteiger partial charge in [0.05, 0.1) is 0 Å². The van der Waals surface area contributed by atoms with Crippen LogP contribution in [0.25, 0.3) is 0 Å². The second-order valence-corrected chi connectivity index (χ2v) is 5.36. The van der Waals surface area contributed by atoms with E-state index in [1.54, 1.807) is 0 Å². The summed E-state index contributed by atoms with van der Waals surface area (Å²) < 4.78 is 0. The molecule has 0 rings (SSSR count). The van der Waals surface area contributed by atoms with Gasteiger partial charge in [-0.1, -0.05) is 40.0 Å². The van der Waals surface area contributed by atoms with Gasteiger partial charge in [0.15, 0.2) is 0 Å². The van der Waals surface area contributed by atoms with Crippen LogP contribution in [0.5, 0.6) is 0 Å². The van der Waals surface area contributed by atoms with E-state index in [0.717, 1.165) is 18.1 Å². The maximum absolute atomic E-state index is 2.76. The molecule has 0 N–H and O–H groups in total. The highest BCUT2D eigenvalue weighted by molar-refractivity contribution is 4.78. The molecule has 1 heteroatoms. The molecule has 16 heavy (non-hydrogen) atoms. The van der Waals surface area contributed by atoms with Gasteiger partial charge >= 0.3 is 0 Å². The van der Waals surface area contributed by atoms with E-state index in [4.69, 9.17) is 0 Å². The average molecular weight is 227 g/mol. The fourth-order valence-corrected chi connectivity index (χ4v) is 3.00. The minimum absolute atomic E-state index is 0.744. The van der Waals surface area contributed by atoms with Crippen molar-refractivity contribution in [3.63, 3.8) is 0 Å². The summed E-state index contributed by atoms with van der Waals surface area (Å²) >= 11 is 0. The summed E-state index contributed by atoms with van der Waals surface area (Å²) in [7, 11) is 0. The Kier molecular flexibility index (Phi) is 9.02. The molecule has 1 nitrogen and oxygen atoms in total. The quantitative estimate of drug-likeness (QED) is 0.544. The van der Waals surface area contributed by atoms with Gasteiger partial charge in [0.25, 0.3) is 0 Å². The van der Waals surface area contributed by atoms with Crippen molar-refractivity contribution < 1.29 is 0 Å². The van der Waals surface area contributed by atoms with Crippen molar-refractivity contribution in [1.82, 2.24) is 4.90 Å². The van der Waals surface area contributed by atoms with Gasteiger partial charge in [-0.2, -0.15) is 0 Å². The highest BCUT2D eigenvalue weighted by atomic mass is 15.2. The van der Waals surface area contributed by atoms with Crippen molar-refractivity contribution in [1.29, 1.82) is 0 Å². The molecule has 0 aliphatic heterocycles. The standard InChI is InChI=1S/C15H33N/c1-7-10-13(4)16(14(5)11-8-2)15(6)12-9-3/h13-15H,7-12H2,1-6H3. The van der Waals surface area contributed by atoms with Gasteiger partial charge in [-0.15, -0.1) is 0 Å². The van der Waals surface area contributed by atoms with E-state index in [2.05, 4.69) is 46.4 Å². The topological polar surface area (TPSA) is 3.24 Å². The molecule has 0 amide bonds. The molecule has 98 valence electrons. The molecule has 3 atom stereocenters. The number of hydrogen-bond acceptors (Lipinski definition) is 1. The third-order valence-electron chi connectivity index (χ3n) is 3.65. The zero-order chi connectivity index (χ0) is 12.6. The second-order valence-electron chi connectivity index (χ2n) is 5.36. The largest absolute Gasteiger partial charge is 0.295 e. The monoisotopic (exact) mass is 227 g/mol. The van der Waals surface area contributed by atoms with Crippen molar-refractivity contribution in [3.8, 4) is 0 Å². The Bertz CT molecular complexity index is 127. The lowest BCUT2D eigenvalue weighted by atomic mass is 10.0. The first kappa shape index (κ1) is 16.0. The molecule has 0 spiro atoms. The molecule has 0 heterocycles. The molecule has 0 bridgehead atoms. The van der Waals surface area contributed by atoms with E-state index in [-0.39, 0.29) is 0 Å². The molecule has 0 radical (unpaired) electrons. The van der Waals surface area contributed by atoms with Crippen LogP contribution in [0.4, 0.5) is 0 Å². The SMILES string of the molecule is CCCC(C)N(C(C)CCC)C(C)CCC. The van der Waals surface area contributed by atoms with Crippen LogP contribution in [-0.4, -0.2) is 23.0 Å². The summed E-state index contributed by atoms with van der Waals surface area (Å²) in [5, 5.41) is 0. The Morgan fingerprint density at radius 3 is 1.06 bits per heavy atom. The van der Waals surface area contributed by atoms with Gasteiger partial charge in [0.2, 0.25) is 0 Å². The summed E-state index contributed by atoms with van der Waals surface area (Å²) in [4.78, 5) is 2.76. The van der Waals surface area contributed by atoms with Crippen molar-refractivity contribution in [2.75, 3.05) is 0 Å². The van der Waals surface area contributed by atoms with Gasteiger partial charge < -0.3 is 0 Å². The molecule has 0 saturated heterocycles. The molecule has 0 aromatic carbocycles. The predicted octanol–water partition coefficient (Wildman–Crippen LogP) is 4.85. The fourth-order valence-electron chi connectivity index (χ4n) is 3.00. The molecule has 0 aromatic rings. The summed E-state index contributed by atoms with van der Waals surface area (Å²) in [6.45, 7) is 14.1. The lowest BCUT2D eigenvalue weighted by Crippen LogP contribution is -2.46. The first-order chi connectivity index (χ1) is 7.58. The van der Waals surface area contributed by atoms with Gasteiger partial charge in [-0.3, -0.25) is 4.90 Å². The molecule has 3 unspecified atom stereocenters. The van der Waals surface area contributed by atoms with E-state index >= 15 is 0 Å². The lowest BCUT2D eigenvalue weighted by molar-refractivity contribution is 0.0868. The van der Waals surface area contributed by atoms with Crippen LogP contribution < -0.4 is 0 Å². The second kappa shape index (κ2) is 9.04. The van der Waals surface area contributed by atoms with Crippen LogP contribution in [-0.2, 0) is 0 Å². The molecule has 0 aliphatic rings. The Labute approximate surface area is 104 Å².